The molecule has 1 unspecified atom stereocenters. The fraction of sp³-hybridized carbons (Fsp3) is 0.381. The predicted octanol–water partition coefficient (Wildman–Crippen LogP) is 3.80. The van der Waals surface area contributed by atoms with Crippen molar-refractivity contribution in [3.05, 3.63) is 47.9 Å². The van der Waals surface area contributed by atoms with Crippen LogP contribution in [0.25, 0.3) is 0 Å². The zero-order valence-electron chi connectivity index (χ0n) is 16.3. The molecule has 5 rings (SSSR count). The molecule has 3 aliphatic rings. The van der Waals surface area contributed by atoms with E-state index in [-0.39, 0.29) is 24.5 Å². The Morgan fingerprint density at radius 2 is 2.03 bits per heavy atom. The van der Waals surface area contributed by atoms with Crippen LogP contribution in [0.3, 0.4) is 0 Å². The minimum absolute atomic E-state index is 0.0780. The summed E-state index contributed by atoms with van der Waals surface area (Å²) in [4.78, 5) is 15.3. The Bertz CT molecular complexity index is 986. The predicted molar refractivity (Wildman–Crippen MR) is 118 cm³/mol. The second-order valence-corrected chi connectivity index (χ2v) is 8.95. The Balaban J connectivity index is 1.35. The number of amides is 1. The van der Waals surface area contributed by atoms with Gasteiger partial charge in [0.2, 0.25) is 6.79 Å². The largest absolute Gasteiger partial charge is 0.463 e. The minimum Gasteiger partial charge on any atom is -0.463 e. The number of likely N-dealkylation sites (tertiary alicyclic amines) is 1. The molecule has 30 heavy (non-hydrogen) atoms. The van der Waals surface area contributed by atoms with E-state index in [1.807, 2.05) is 30.3 Å². The van der Waals surface area contributed by atoms with Crippen molar-refractivity contribution in [2.45, 2.75) is 25.3 Å². The van der Waals surface area contributed by atoms with Gasteiger partial charge in [0.05, 0.1) is 18.1 Å². The molecule has 0 aliphatic carbocycles. The van der Waals surface area contributed by atoms with Gasteiger partial charge in [-0.15, -0.1) is 0 Å². The second kappa shape index (κ2) is 8.31. The lowest BCUT2D eigenvalue weighted by Crippen LogP contribution is -2.30. The van der Waals surface area contributed by atoms with Crippen LogP contribution in [0.5, 0.6) is 11.5 Å². The number of ether oxygens (including phenoxy) is 2. The number of hydrazone groups is 1. The zero-order valence-corrected chi connectivity index (χ0v) is 17.9. The molecule has 1 saturated heterocycles. The summed E-state index contributed by atoms with van der Waals surface area (Å²) < 4.78 is 17.2. The van der Waals surface area contributed by atoms with Crippen LogP contribution in [-0.2, 0) is 4.79 Å². The van der Waals surface area contributed by atoms with Gasteiger partial charge in [0, 0.05) is 19.5 Å². The van der Waals surface area contributed by atoms with Crippen LogP contribution < -0.4 is 9.47 Å². The third-order valence-corrected chi connectivity index (χ3v) is 6.94. The highest BCUT2D eigenvalue weighted by atomic mass is 32.2. The van der Waals surface area contributed by atoms with Gasteiger partial charge in [-0.2, -0.15) is 5.10 Å². The number of carbonyl (C=O) groups is 1. The second-order valence-electron chi connectivity index (χ2n) is 7.34. The summed E-state index contributed by atoms with van der Waals surface area (Å²) in [5.74, 6) is 2.26. The summed E-state index contributed by atoms with van der Waals surface area (Å²) in [7, 11) is 0. The molecule has 1 aromatic carbocycles. The molecule has 0 bridgehead atoms. The summed E-state index contributed by atoms with van der Waals surface area (Å²) in [6.07, 6.45) is 4.50. The Labute approximate surface area is 184 Å². The maximum atomic E-state index is 13.1. The van der Waals surface area contributed by atoms with Gasteiger partial charge in [-0.05, 0) is 42.7 Å². The number of nitrogens with zero attached hydrogens (tertiary/aromatic N) is 3. The smallest absolute Gasteiger partial charge is 0.253 e. The van der Waals surface area contributed by atoms with Crippen molar-refractivity contribution < 1.29 is 18.7 Å². The van der Waals surface area contributed by atoms with E-state index in [1.165, 1.54) is 11.8 Å². The normalized spacial score (nSPS) is 20.0. The molecule has 1 fully saturated rings. The molecule has 9 heteroatoms. The number of furan rings is 1. The maximum Gasteiger partial charge on any atom is 0.253 e. The monoisotopic (exact) mass is 443 g/mol. The van der Waals surface area contributed by atoms with Crippen molar-refractivity contribution in [1.82, 2.24) is 9.91 Å². The number of hydrogen-bond donors (Lipinski definition) is 0. The van der Waals surface area contributed by atoms with Gasteiger partial charge in [0.25, 0.3) is 5.91 Å². The molecule has 4 heterocycles. The summed E-state index contributed by atoms with van der Waals surface area (Å²) in [5.41, 5.74) is 1.70. The number of benzene rings is 1. The number of thiocarbonyl (C=S) groups is 1. The van der Waals surface area contributed by atoms with Crippen molar-refractivity contribution in [3.8, 4) is 11.5 Å². The van der Waals surface area contributed by atoms with Gasteiger partial charge in [-0.3, -0.25) is 4.79 Å². The number of fused-ring (bicyclic) bond motifs is 1. The third-order valence-electron chi connectivity index (χ3n) is 5.44. The summed E-state index contributed by atoms with van der Waals surface area (Å²) >= 11 is 6.92. The Hall–Kier alpha value is -2.52. The average molecular weight is 444 g/mol. The lowest BCUT2D eigenvalue weighted by Gasteiger charge is -2.23. The quantitative estimate of drug-likeness (QED) is 0.666. The van der Waals surface area contributed by atoms with Gasteiger partial charge < -0.3 is 18.8 Å². The van der Waals surface area contributed by atoms with Crippen LogP contribution in [-0.4, -0.2) is 51.5 Å². The highest BCUT2D eigenvalue weighted by Gasteiger charge is 2.35. The number of hydrogen-bond acceptors (Lipinski definition) is 7. The van der Waals surface area contributed by atoms with Crippen LogP contribution >= 0.6 is 24.0 Å². The first-order chi connectivity index (χ1) is 14.7. The minimum atomic E-state index is -0.229. The van der Waals surface area contributed by atoms with E-state index < -0.39 is 0 Å². The molecule has 2 aromatic rings. The van der Waals surface area contributed by atoms with Gasteiger partial charge in [-0.1, -0.05) is 30.0 Å². The van der Waals surface area contributed by atoms with Crippen molar-refractivity contribution in [2.75, 3.05) is 25.6 Å². The average Bonchev–Trinajstić information content (AvgIpc) is 3.57. The number of rotatable bonds is 4. The molecule has 1 aromatic heterocycles. The molecule has 0 saturated carbocycles. The van der Waals surface area contributed by atoms with Crippen LogP contribution in [0.2, 0.25) is 0 Å². The first-order valence-corrected chi connectivity index (χ1v) is 11.3. The van der Waals surface area contributed by atoms with E-state index >= 15 is 0 Å². The fourth-order valence-corrected chi connectivity index (χ4v) is 5.00. The number of thioether (sulfide) groups is 1. The number of carbonyl (C=O) groups excluding carboxylic acids is 1. The van der Waals surface area contributed by atoms with Crippen LogP contribution in [0, 0.1) is 0 Å². The first kappa shape index (κ1) is 19.4. The lowest BCUT2D eigenvalue weighted by molar-refractivity contribution is -0.130. The molecular formula is C21H21N3O4S2. The molecule has 1 amide bonds. The molecule has 0 spiro atoms. The summed E-state index contributed by atoms with van der Waals surface area (Å²) in [6, 6.07) is 9.22. The van der Waals surface area contributed by atoms with Crippen molar-refractivity contribution in [3.63, 3.8) is 0 Å². The molecular weight excluding hydrogens is 422 g/mol. The lowest BCUT2D eigenvalue weighted by atomic mass is 10.0. The molecule has 1 atom stereocenters. The maximum absolute atomic E-state index is 13.1. The first-order valence-electron chi connectivity index (χ1n) is 9.94. The highest BCUT2D eigenvalue weighted by Crippen LogP contribution is 2.39. The Morgan fingerprint density at radius 1 is 1.20 bits per heavy atom. The zero-order chi connectivity index (χ0) is 20.5. The molecule has 7 nitrogen and oxygen atoms in total. The van der Waals surface area contributed by atoms with E-state index in [2.05, 4.69) is 10.0 Å². The molecule has 156 valence electrons. The van der Waals surface area contributed by atoms with E-state index in [4.69, 9.17) is 26.1 Å². The highest BCUT2D eigenvalue weighted by molar-refractivity contribution is 8.23. The Kier molecular flexibility index (Phi) is 5.39. The van der Waals surface area contributed by atoms with Crippen molar-refractivity contribution in [1.29, 1.82) is 0 Å². The third kappa shape index (κ3) is 3.79. The summed E-state index contributed by atoms with van der Waals surface area (Å²) in [6.45, 7) is 2.17. The fourth-order valence-electron chi connectivity index (χ4n) is 3.89. The Morgan fingerprint density at radius 3 is 2.83 bits per heavy atom. The van der Waals surface area contributed by atoms with E-state index in [9.17, 15) is 4.79 Å². The van der Waals surface area contributed by atoms with Crippen LogP contribution in [0.1, 0.15) is 36.6 Å². The van der Waals surface area contributed by atoms with E-state index in [0.29, 0.717) is 23.7 Å². The van der Waals surface area contributed by atoms with Crippen molar-refractivity contribution >= 4 is 39.9 Å². The van der Waals surface area contributed by atoms with E-state index in [0.717, 1.165) is 41.5 Å². The van der Waals surface area contributed by atoms with Gasteiger partial charge in [-0.25, -0.2) is 5.01 Å². The molecule has 0 N–H and O–H groups in total. The SMILES string of the molecule is O=C(CSC(=S)N1CCCC1)N1N=C(c2ccco2)CC1c1ccc2c(c1)OCO2. The standard InChI is InChI=1S/C21H21N3O4S2/c25-20(12-30-21(29)23-7-1-2-8-23)24-16(11-15(22-24)17-4-3-9-26-17)14-5-6-18-19(10-14)28-13-27-18/h3-6,9-10,16H,1-2,7-8,11-13H2. The summed E-state index contributed by atoms with van der Waals surface area (Å²) in [5, 5.41) is 6.19. The van der Waals surface area contributed by atoms with Crippen LogP contribution in [0.15, 0.2) is 46.1 Å². The topological polar surface area (TPSA) is 67.5 Å². The van der Waals surface area contributed by atoms with Gasteiger partial charge in [0.1, 0.15) is 15.8 Å². The van der Waals surface area contributed by atoms with Crippen molar-refractivity contribution in [2.24, 2.45) is 5.10 Å². The van der Waals surface area contributed by atoms with Gasteiger partial charge >= 0.3 is 0 Å². The molecule has 3 aliphatic heterocycles. The van der Waals surface area contributed by atoms with Gasteiger partial charge in [0.15, 0.2) is 11.5 Å². The van der Waals surface area contributed by atoms with Crippen LogP contribution in [0.4, 0.5) is 0 Å². The van der Waals surface area contributed by atoms with E-state index in [1.54, 1.807) is 11.3 Å². The molecule has 0 radical (unpaired) electrons.